The van der Waals surface area contributed by atoms with Crippen LogP contribution in [0.15, 0.2) is 48.5 Å². The molecular weight excluding hydrogens is 366 g/mol. The number of aryl methyl sites for hydroxylation is 1. The lowest BCUT2D eigenvalue weighted by Crippen LogP contribution is -2.16. The number of hydrogen-bond donors (Lipinski definition) is 0. The van der Waals surface area contributed by atoms with Crippen LogP contribution in [0.4, 0.5) is 8.78 Å². The van der Waals surface area contributed by atoms with Gasteiger partial charge in [-0.05, 0) is 44.2 Å². The van der Waals surface area contributed by atoms with Crippen molar-refractivity contribution in [3.8, 4) is 5.69 Å². The van der Waals surface area contributed by atoms with Crippen molar-refractivity contribution in [2.24, 2.45) is 0 Å². The van der Waals surface area contributed by atoms with E-state index in [-0.39, 0.29) is 12.0 Å². The van der Waals surface area contributed by atoms with Crippen molar-refractivity contribution in [3.63, 3.8) is 0 Å². The summed E-state index contributed by atoms with van der Waals surface area (Å²) in [6.07, 6.45) is -0.0461. The molecule has 0 fully saturated rings. The number of aromatic nitrogens is 2. The van der Waals surface area contributed by atoms with Gasteiger partial charge in [-0.25, -0.2) is 13.5 Å². The van der Waals surface area contributed by atoms with Crippen LogP contribution >= 0.6 is 0 Å². The Kier molecular flexibility index (Phi) is 5.63. The van der Waals surface area contributed by atoms with Gasteiger partial charge in [0.05, 0.1) is 17.8 Å². The zero-order chi connectivity index (χ0) is 20.3. The third kappa shape index (κ3) is 4.14. The minimum Gasteiger partial charge on any atom is -0.457 e. The second kappa shape index (κ2) is 8.12. The minimum absolute atomic E-state index is 0.0461. The molecular formula is C21H18F2N2O3. The van der Waals surface area contributed by atoms with E-state index in [1.54, 1.807) is 11.6 Å². The van der Waals surface area contributed by atoms with Crippen molar-refractivity contribution >= 4 is 11.8 Å². The first-order valence-electron chi connectivity index (χ1n) is 8.61. The van der Waals surface area contributed by atoms with Crippen molar-refractivity contribution in [2.45, 2.75) is 20.3 Å². The number of ketones is 1. The number of rotatable bonds is 6. The Morgan fingerprint density at radius 1 is 1.04 bits per heavy atom. The van der Waals surface area contributed by atoms with E-state index in [1.807, 2.05) is 37.3 Å². The summed E-state index contributed by atoms with van der Waals surface area (Å²) in [6.45, 7) is 3.10. The van der Waals surface area contributed by atoms with E-state index in [4.69, 9.17) is 4.74 Å². The van der Waals surface area contributed by atoms with Crippen LogP contribution in [0.2, 0.25) is 0 Å². The Morgan fingerprint density at radius 2 is 1.75 bits per heavy atom. The van der Waals surface area contributed by atoms with E-state index >= 15 is 0 Å². The fourth-order valence-electron chi connectivity index (χ4n) is 2.85. The van der Waals surface area contributed by atoms with Gasteiger partial charge in [0.2, 0.25) is 0 Å². The highest BCUT2D eigenvalue weighted by Gasteiger charge is 2.18. The molecule has 0 amide bonds. The molecule has 144 valence electrons. The Balaban J connectivity index is 1.66. The second-order valence-corrected chi connectivity index (χ2v) is 6.29. The van der Waals surface area contributed by atoms with Crippen LogP contribution in [0.5, 0.6) is 0 Å². The largest absolute Gasteiger partial charge is 0.457 e. The van der Waals surface area contributed by atoms with Crippen molar-refractivity contribution in [2.75, 3.05) is 6.61 Å². The molecule has 7 heteroatoms. The fourth-order valence-corrected chi connectivity index (χ4v) is 2.85. The van der Waals surface area contributed by atoms with E-state index in [0.717, 1.165) is 29.6 Å². The Labute approximate surface area is 160 Å². The third-order valence-corrected chi connectivity index (χ3v) is 4.37. The summed E-state index contributed by atoms with van der Waals surface area (Å²) in [5, 5.41) is 4.46. The smallest absolute Gasteiger partial charge is 0.310 e. The molecule has 0 radical (unpaired) electrons. The number of benzene rings is 2. The Hall–Kier alpha value is -3.35. The molecule has 3 rings (SSSR count). The molecule has 0 N–H and O–H groups in total. The first-order chi connectivity index (χ1) is 13.4. The highest BCUT2D eigenvalue weighted by atomic mass is 19.2. The molecule has 0 spiro atoms. The van der Waals surface area contributed by atoms with Crippen molar-refractivity contribution in [1.82, 2.24) is 9.78 Å². The fraction of sp³-hybridized carbons (Fsp3) is 0.190. The Bertz CT molecular complexity index is 1030. The van der Waals surface area contributed by atoms with Gasteiger partial charge in [0.25, 0.3) is 0 Å². The van der Waals surface area contributed by atoms with Gasteiger partial charge in [-0.2, -0.15) is 5.10 Å². The molecule has 5 nitrogen and oxygen atoms in total. The number of nitrogens with zero attached hydrogens (tertiary/aromatic N) is 2. The first-order valence-corrected chi connectivity index (χ1v) is 8.61. The number of ether oxygens (including phenoxy) is 1. The average Bonchev–Trinajstić information content (AvgIpc) is 2.97. The standard InChI is InChI=1S/C21H18F2N2O3/c1-13-17(14(2)25(24-13)16-6-4-3-5-7-16)11-21(27)28-12-20(26)15-8-9-18(22)19(23)10-15/h3-10H,11-12H2,1-2H3. The van der Waals surface area contributed by atoms with Gasteiger partial charge < -0.3 is 4.74 Å². The van der Waals surface area contributed by atoms with Gasteiger partial charge in [-0.3, -0.25) is 9.59 Å². The molecule has 0 saturated carbocycles. The SMILES string of the molecule is Cc1nn(-c2ccccc2)c(C)c1CC(=O)OCC(=O)c1ccc(F)c(F)c1. The maximum Gasteiger partial charge on any atom is 0.310 e. The lowest BCUT2D eigenvalue weighted by atomic mass is 10.1. The molecule has 1 aromatic heterocycles. The summed E-state index contributed by atoms with van der Waals surface area (Å²) < 4.78 is 32.9. The molecule has 3 aromatic rings. The van der Waals surface area contributed by atoms with E-state index in [9.17, 15) is 18.4 Å². The van der Waals surface area contributed by atoms with Crippen LogP contribution in [0, 0.1) is 25.5 Å². The number of Topliss-reactive ketones (excluding diaryl/α,β-unsaturated/α-hetero) is 1. The van der Waals surface area contributed by atoms with Gasteiger partial charge in [-0.15, -0.1) is 0 Å². The number of halogens is 2. The molecule has 0 bridgehead atoms. The second-order valence-electron chi connectivity index (χ2n) is 6.29. The van der Waals surface area contributed by atoms with Crippen molar-refractivity contribution in [1.29, 1.82) is 0 Å². The van der Waals surface area contributed by atoms with Crippen LogP contribution in [0.25, 0.3) is 5.69 Å². The summed E-state index contributed by atoms with van der Waals surface area (Å²) in [6, 6.07) is 12.3. The monoisotopic (exact) mass is 384 g/mol. The Morgan fingerprint density at radius 3 is 2.43 bits per heavy atom. The summed E-state index contributed by atoms with van der Waals surface area (Å²) in [5.74, 6) is -3.39. The normalized spacial score (nSPS) is 10.7. The summed E-state index contributed by atoms with van der Waals surface area (Å²) >= 11 is 0. The lowest BCUT2D eigenvalue weighted by Gasteiger charge is -2.06. The highest BCUT2D eigenvalue weighted by Crippen LogP contribution is 2.19. The summed E-state index contributed by atoms with van der Waals surface area (Å²) in [7, 11) is 0. The van der Waals surface area contributed by atoms with Crippen LogP contribution < -0.4 is 0 Å². The zero-order valence-corrected chi connectivity index (χ0v) is 15.4. The molecule has 0 saturated heterocycles. The molecule has 0 atom stereocenters. The van der Waals surface area contributed by atoms with Gasteiger partial charge in [0.15, 0.2) is 24.0 Å². The predicted octanol–water partition coefficient (Wildman–Crippen LogP) is 3.74. The quantitative estimate of drug-likeness (QED) is 0.480. The van der Waals surface area contributed by atoms with E-state index in [2.05, 4.69) is 5.10 Å². The number of esters is 1. The number of hydrogen-bond acceptors (Lipinski definition) is 4. The van der Waals surface area contributed by atoms with E-state index in [0.29, 0.717) is 11.3 Å². The van der Waals surface area contributed by atoms with Gasteiger partial charge in [0.1, 0.15) is 0 Å². The summed E-state index contributed by atoms with van der Waals surface area (Å²) in [5.41, 5.74) is 3.01. The number of carbonyl (C=O) groups is 2. The molecule has 1 heterocycles. The van der Waals surface area contributed by atoms with Crippen LogP contribution in [-0.2, 0) is 16.0 Å². The number of carbonyl (C=O) groups excluding carboxylic acids is 2. The van der Waals surface area contributed by atoms with E-state index < -0.39 is 30.0 Å². The third-order valence-electron chi connectivity index (χ3n) is 4.37. The molecule has 0 aliphatic heterocycles. The van der Waals surface area contributed by atoms with Crippen LogP contribution in [0.1, 0.15) is 27.3 Å². The predicted molar refractivity (Wildman–Crippen MR) is 98.4 cm³/mol. The molecule has 28 heavy (non-hydrogen) atoms. The zero-order valence-electron chi connectivity index (χ0n) is 15.4. The summed E-state index contributed by atoms with van der Waals surface area (Å²) in [4.78, 5) is 24.2. The maximum atomic E-state index is 13.2. The van der Waals surface area contributed by atoms with Gasteiger partial charge in [0, 0.05) is 16.8 Å². The highest BCUT2D eigenvalue weighted by molar-refractivity contribution is 5.98. The molecule has 2 aromatic carbocycles. The van der Waals surface area contributed by atoms with Crippen molar-refractivity contribution in [3.05, 3.63) is 82.7 Å². The molecule has 0 aliphatic rings. The topological polar surface area (TPSA) is 61.2 Å². The van der Waals surface area contributed by atoms with Gasteiger partial charge in [-0.1, -0.05) is 18.2 Å². The van der Waals surface area contributed by atoms with Crippen LogP contribution in [-0.4, -0.2) is 28.1 Å². The van der Waals surface area contributed by atoms with E-state index in [1.165, 1.54) is 0 Å². The first kappa shape index (κ1) is 19.4. The van der Waals surface area contributed by atoms with Crippen LogP contribution in [0.3, 0.4) is 0 Å². The molecule has 0 unspecified atom stereocenters. The lowest BCUT2D eigenvalue weighted by molar-refractivity contribution is -0.141. The maximum absolute atomic E-state index is 13.2. The molecule has 0 aliphatic carbocycles. The van der Waals surface area contributed by atoms with Gasteiger partial charge >= 0.3 is 5.97 Å². The van der Waals surface area contributed by atoms with Crippen molar-refractivity contribution < 1.29 is 23.1 Å². The minimum atomic E-state index is -1.13. The number of para-hydroxylation sites is 1. The average molecular weight is 384 g/mol.